The third kappa shape index (κ3) is 4.05. The van der Waals surface area contributed by atoms with Crippen LogP contribution in [0, 0.1) is 0 Å². The second-order valence-electron chi connectivity index (χ2n) is 12.7. The smallest absolute Gasteiger partial charge is 0.235 e. The first-order chi connectivity index (χ1) is 22.6. The maximum absolute atomic E-state index is 5.33. The Morgan fingerprint density at radius 1 is 0.435 bits per heavy atom. The third-order valence-electron chi connectivity index (χ3n) is 9.63. The zero-order valence-electron chi connectivity index (χ0n) is 25.8. The minimum Gasteiger partial charge on any atom is -0.278 e. The molecular weight excluding hydrogens is 558 g/mol. The second kappa shape index (κ2) is 10.1. The molecule has 6 aromatic carbocycles. The van der Waals surface area contributed by atoms with Crippen molar-refractivity contribution in [3.63, 3.8) is 0 Å². The molecule has 2 aromatic heterocycles. The van der Waals surface area contributed by atoms with Crippen molar-refractivity contribution in [2.45, 2.75) is 19.3 Å². The zero-order chi connectivity index (χ0) is 30.8. The second-order valence-corrected chi connectivity index (χ2v) is 12.7. The van der Waals surface area contributed by atoms with Gasteiger partial charge in [-0.15, -0.1) is 0 Å². The van der Waals surface area contributed by atoms with E-state index in [2.05, 4.69) is 164 Å². The van der Waals surface area contributed by atoms with Gasteiger partial charge in [0, 0.05) is 27.3 Å². The molecule has 9 rings (SSSR count). The van der Waals surface area contributed by atoms with Gasteiger partial charge in [-0.25, -0.2) is 9.97 Å². The summed E-state index contributed by atoms with van der Waals surface area (Å²) >= 11 is 0. The standard InChI is InChI=1S/C43H31N3/c1-43(2)36-22-11-9-20-32(36)34-25-35-33-21-10-12-23-40(33)46(41(35)26-37(34)43)42-44-38(29-16-7-4-8-17-29)27-39(45-42)31-19-13-18-30(24-31)28-14-5-3-6-15-28/h3-27H,1-2H3. The van der Waals surface area contributed by atoms with E-state index in [-0.39, 0.29) is 5.41 Å². The van der Waals surface area contributed by atoms with Crippen LogP contribution in [0.2, 0.25) is 0 Å². The van der Waals surface area contributed by atoms with Gasteiger partial charge >= 0.3 is 0 Å². The van der Waals surface area contributed by atoms with Crippen LogP contribution in [0.4, 0.5) is 0 Å². The summed E-state index contributed by atoms with van der Waals surface area (Å²) in [5.74, 6) is 0.668. The van der Waals surface area contributed by atoms with Crippen LogP contribution in [0.15, 0.2) is 152 Å². The molecule has 0 fully saturated rings. The molecule has 0 saturated heterocycles. The highest BCUT2D eigenvalue weighted by molar-refractivity contribution is 6.11. The fourth-order valence-corrected chi connectivity index (χ4v) is 7.31. The number of para-hydroxylation sites is 1. The Kier molecular flexibility index (Phi) is 5.85. The number of nitrogens with zero attached hydrogens (tertiary/aromatic N) is 3. The van der Waals surface area contributed by atoms with E-state index in [0.29, 0.717) is 5.95 Å². The molecule has 1 aliphatic carbocycles. The van der Waals surface area contributed by atoms with Gasteiger partial charge in [0.15, 0.2) is 0 Å². The minimum absolute atomic E-state index is 0.114. The molecule has 3 nitrogen and oxygen atoms in total. The summed E-state index contributed by atoms with van der Waals surface area (Å²) in [6.07, 6.45) is 0. The molecule has 0 N–H and O–H groups in total. The number of hydrogen-bond donors (Lipinski definition) is 0. The van der Waals surface area contributed by atoms with E-state index in [1.54, 1.807) is 0 Å². The predicted molar refractivity (Wildman–Crippen MR) is 190 cm³/mol. The quantitative estimate of drug-likeness (QED) is 0.204. The topological polar surface area (TPSA) is 30.7 Å². The van der Waals surface area contributed by atoms with E-state index in [1.165, 1.54) is 38.6 Å². The number of hydrogen-bond acceptors (Lipinski definition) is 2. The lowest BCUT2D eigenvalue weighted by molar-refractivity contribution is 0.661. The molecule has 1 aliphatic rings. The molecule has 8 aromatic rings. The number of benzene rings is 6. The van der Waals surface area contributed by atoms with Gasteiger partial charge in [-0.05, 0) is 63.7 Å². The SMILES string of the molecule is CC1(C)c2ccccc2-c2cc3c4ccccc4n(-c4nc(-c5ccccc5)cc(-c5cccc(-c6ccccc6)c5)n4)c3cc21. The highest BCUT2D eigenvalue weighted by Crippen LogP contribution is 2.50. The maximum atomic E-state index is 5.33. The largest absolute Gasteiger partial charge is 0.278 e. The molecule has 0 atom stereocenters. The summed E-state index contributed by atoms with van der Waals surface area (Å²) in [4.78, 5) is 10.6. The predicted octanol–water partition coefficient (Wildman–Crippen LogP) is 10.9. The summed E-state index contributed by atoms with van der Waals surface area (Å²) in [7, 11) is 0. The Morgan fingerprint density at radius 2 is 1.07 bits per heavy atom. The summed E-state index contributed by atoms with van der Waals surface area (Å²) in [5.41, 5.74) is 13.7. The van der Waals surface area contributed by atoms with Gasteiger partial charge in [0.05, 0.1) is 22.4 Å². The molecule has 0 aliphatic heterocycles. The average molecular weight is 590 g/mol. The van der Waals surface area contributed by atoms with Crippen molar-refractivity contribution in [1.29, 1.82) is 0 Å². The van der Waals surface area contributed by atoms with E-state index in [0.717, 1.165) is 39.1 Å². The highest BCUT2D eigenvalue weighted by atomic mass is 15.2. The zero-order valence-corrected chi connectivity index (χ0v) is 25.8. The van der Waals surface area contributed by atoms with Crippen LogP contribution in [-0.4, -0.2) is 14.5 Å². The Bertz CT molecular complexity index is 2440. The van der Waals surface area contributed by atoms with Gasteiger partial charge in [-0.3, -0.25) is 4.57 Å². The summed E-state index contributed by atoms with van der Waals surface area (Å²) < 4.78 is 2.26. The van der Waals surface area contributed by atoms with Gasteiger partial charge in [0.2, 0.25) is 5.95 Å². The molecule has 0 bridgehead atoms. The van der Waals surface area contributed by atoms with E-state index in [4.69, 9.17) is 9.97 Å². The van der Waals surface area contributed by atoms with Crippen molar-refractivity contribution in [2.24, 2.45) is 0 Å². The molecule has 2 heterocycles. The number of rotatable bonds is 4. The monoisotopic (exact) mass is 589 g/mol. The average Bonchev–Trinajstić information content (AvgIpc) is 3.56. The lowest BCUT2D eigenvalue weighted by Gasteiger charge is -2.21. The maximum Gasteiger partial charge on any atom is 0.235 e. The Morgan fingerprint density at radius 3 is 1.87 bits per heavy atom. The van der Waals surface area contributed by atoms with Crippen molar-refractivity contribution in [3.05, 3.63) is 163 Å². The first kappa shape index (κ1) is 26.6. The Balaban J connectivity index is 1.32. The van der Waals surface area contributed by atoms with E-state index in [9.17, 15) is 0 Å². The summed E-state index contributed by atoms with van der Waals surface area (Å²) in [6, 6.07) is 53.9. The minimum atomic E-state index is -0.114. The van der Waals surface area contributed by atoms with E-state index >= 15 is 0 Å². The highest BCUT2D eigenvalue weighted by Gasteiger charge is 2.36. The van der Waals surface area contributed by atoms with Crippen LogP contribution >= 0.6 is 0 Å². The first-order valence-corrected chi connectivity index (χ1v) is 15.8. The normalized spacial score (nSPS) is 13.2. The van der Waals surface area contributed by atoms with Crippen molar-refractivity contribution in [3.8, 4) is 50.7 Å². The van der Waals surface area contributed by atoms with Crippen LogP contribution in [0.5, 0.6) is 0 Å². The Hall–Kier alpha value is -5.80. The fraction of sp³-hybridized carbons (Fsp3) is 0.0698. The molecule has 0 saturated carbocycles. The third-order valence-corrected chi connectivity index (χ3v) is 9.63. The van der Waals surface area contributed by atoms with Crippen LogP contribution in [-0.2, 0) is 5.41 Å². The fourth-order valence-electron chi connectivity index (χ4n) is 7.31. The molecule has 0 unspecified atom stereocenters. The Labute approximate surface area is 268 Å². The van der Waals surface area contributed by atoms with Crippen molar-refractivity contribution >= 4 is 21.8 Å². The lowest BCUT2D eigenvalue weighted by Crippen LogP contribution is -2.15. The summed E-state index contributed by atoms with van der Waals surface area (Å²) in [5, 5.41) is 2.41. The molecule has 0 radical (unpaired) electrons. The molecule has 218 valence electrons. The van der Waals surface area contributed by atoms with Gasteiger partial charge < -0.3 is 0 Å². The van der Waals surface area contributed by atoms with Gasteiger partial charge in [-0.2, -0.15) is 0 Å². The van der Waals surface area contributed by atoms with Crippen LogP contribution in [0.25, 0.3) is 72.5 Å². The van der Waals surface area contributed by atoms with Crippen molar-refractivity contribution < 1.29 is 0 Å². The van der Waals surface area contributed by atoms with Crippen LogP contribution < -0.4 is 0 Å². The van der Waals surface area contributed by atoms with Gasteiger partial charge in [-0.1, -0.05) is 135 Å². The van der Waals surface area contributed by atoms with Gasteiger partial charge in [0.1, 0.15) is 0 Å². The van der Waals surface area contributed by atoms with E-state index in [1.807, 2.05) is 6.07 Å². The van der Waals surface area contributed by atoms with Crippen molar-refractivity contribution in [2.75, 3.05) is 0 Å². The lowest BCUT2D eigenvalue weighted by atomic mass is 9.82. The number of aromatic nitrogens is 3. The van der Waals surface area contributed by atoms with Gasteiger partial charge in [0.25, 0.3) is 0 Å². The van der Waals surface area contributed by atoms with Crippen molar-refractivity contribution in [1.82, 2.24) is 14.5 Å². The molecule has 0 spiro atoms. The van der Waals surface area contributed by atoms with E-state index < -0.39 is 0 Å². The summed E-state index contributed by atoms with van der Waals surface area (Å²) in [6.45, 7) is 4.67. The first-order valence-electron chi connectivity index (χ1n) is 15.8. The molecular formula is C43H31N3. The molecule has 46 heavy (non-hydrogen) atoms. The van der Waals surface area contributed by atoms with Crippen LogP contribution in [0.3, 0.4) is 0 Å². The van der Waals surface area contributed by atoms with Crippen LogP contribution in [0.1, 0.15) is 25.0 Å². The molecule has 0 amide bonds. The number of fused-ring (bicyclic) bond motifs is 6. The molecule has 3 heteroatoms.